The van der Waals surface area contributed by atoms with Gasteiger partial charge in [0.15, 0.2) is 0 Å². The van der Waals surface area contributed by atoms with E-state index in [1.54, 1.807) is 12.3 Å². The molecule has 0 fully saturated rings. The molecule has 0 aliphatic carbocycles. The monoisotopic (exact) mass is 323 g/mol. The molecule has 3 N–H and O–H groups in total. The molecule has 1 aromatic carbocycles. The minimum atomic E-state index is -0.681. The van der Waals surface area contributed by atoms with Crippen molar-refractivity contribution in [3.63, 3.8) is 0 Å². The van der Waals surface area contributed by atoms with E-state index in [0.717, 1.165) is 5.56 Å². The molecule has 0 radical (unpaired) electrons. The number of amides is 2. The third-order valence-electron chi connectivity index (χ3n) is 3.67. The first kappa shape index (κ1) is 15.7. The van der Waals surface area contributed by atoms with Crippen LogP contribution in [-0.2, 0) is 9.59 Å². The number of anilines is 2. The van der Waals surface area contributed by atoms with Crippen molar-refractivity contribution in [2.24, 2.45) is 10.8 Å². The van der Waals surface area contributed by atoms with Crippen molar-refractivity contribution in [1.82, 2.24) is 4.98 Å². The number of nitrogens with two attached hydrogens (primary N) is 1. The second-order valence-electron chi connectivity index (χ2n) is 5.52. The lowest BCUT2D eigenvalue weighted by Gasteiger charge is -2.20. The Bertz CT molecular complexity index is 786. The number of aryl methyl sites for hydroxylation is 1. The van der Waals surface area contributed by atoms with Crippen LogP contribution in [0, 0.1) is 6.92 Å². The van der Waals surface area contributed by atoms with Gasteiger partial charge in [0.05, 0.1) is 5.69 Å². The predicted molar refractivity (Wildman–Crippen MR) is 91.6 cm³/mol. The van der Waals surface area contributed by atoms with Crippen LogP contribution in [-0.4, -0.2) is 28.6 Å². The summed E-state index contributed by atoms with van der Waals surface area (Å²) < 4.78 is 0. The molecule has 122 valence electrons. The van der Waals surface area contributed by atoms with E-state index < -0.39 is 17.9 Å². The molecule has 3 rings (SSSR count). The number of carbonyl (C=O) groups excluding carboxylic acids is 2. The minimum Gasteiger partial charge on any atom is -0.368 e. The number of hydrogen-bond acceptors (Lipinski definition) is 5. The van der Waals surface area contributed by atoms with Gasteiger partial charge in [-0.05, 0) is 30.7 Å². The number of aromatic nitrogens is 1. The van der Waals surface area contributed by atoms with Gasteiger partial charge in [-0.3, -0.25) is 14.6 Å². The Balaban J connectivity index is 1.81. The molecule has 2 aromatic rings. The Kier molecular flexibility index (Phi) is 4.24. The van der Waals surface area contributed by atoms with Gasteiger partial charge in [0.2, 0.25) is 5.91 Å². The first-order chi connectivity index (χ1) is 11.5. The molecule has 2 amide bonds. The van der Waals surface area contributed by atoms with Gasteiger partial charge >= 0.3 is 0 Å². The van der Waals surface area contributed by atoms with Crippen molar-refractivity contribution < 1.29 is 9.59 Å². The van der Waals surface area contributed by atoms with Crippen molar-refractivity contribution >= 4 is 29.0 Å². The highest BCUT2D eigenvalue weighted by molar-refractivity contribution is 6.44. The van der Waals surface area contributed by atoms with Crippen molar-refractivity contribution in [3.8, 4) is 0 Å². The van der Waals surface area contributed by atoms with Gasteiger partial charge in [-0.1, -0.05) is 24.3 Å². The number of carbonyl (C=O) groups is 2. The Morgan fingerprint density at radius 2 is 1.96 bits per heavy atom. The molecular weight excluding hydrogens is 306 g/mol. The molecule has 0 saturated heterocycles. The highest BCUT2D eigenvalue weighted by Gasteiger charge is 2.34. The fraction of sp³-hybridized carbons (Fsp3) is 0.176. The second kappa shape index (κ2) is 6.49. The SMILES string of the molecule is Cc1ccc(NC(=O)C2=NN(c3ccccc3)[C@H](C(N)=O)C2)nc1. The van der Waals surface area contributed by atoms with Crippen LogP contribution in [0.15, 0.2) is 53.8 Å². The zero-order valence-corrected chi connectivity index (χ0v) is 13.1. The largest absolute Gasteiger partial charge is 0.368 e. The Morgan fingerprint density at radius 1 is 1.21 bits per heavy atom. The standard InChI is InChI=1S/C17H17N5O2/c1-11-7-8-15(19-10-11)20-17(24)13-9-14(16(18)23)22(21-13)12-5-3-2-4-6-12/h2-8,10,14H,9H2,1H3,(H2,18,23)(H,19,20,24)/t14-/m0/s1. The first-order valence-corrected chi connectivity index (χ1v) is 7.49. The molecule has 24 heavy (non-hydrogen) atoms. The summed E-state index contributed by atoms with van der Waals surface area (Å²) in [7, 11) is 0. The highest BCUT2D eigenvalue weighted by Crippen LogP contribution is 2.24. The van der Waals surface area contributed by atoms with Crippen molar-refractivity contribution in [2.75, 3.05) is 10.3 Å². The van der Waals surface area contributed by atoms with E-state index in [0.29, 0.717) is 11.5 Å². The molecule has 1 aromatic heterocycles. The highest BCUT2D eigenvalue weighted by atomic mass is 16.2. The quantitative estimate of drug-likeness (QED) is 0.889. The lowest BCUT2D eigenvalue weighted by atomic mass is 10.1. The van der Waals surface area contributed by atoms with Crippen molar-refractivity contribution in [2.45, 2.75) is 19.4 Å². The number of hydrogen-bond donors (Lipinski definition) is 2. The average Bonchev–Trinajstić information content (AvgIpc) is 3.03. The van der Waals surface area contributed by atoms with Gasteiger partial charge in [-0.15, -0.1) is 0 Å². The number of rotatable bonds is 4. The summed E-state index contributed by atoms with van der Waals surface area (Å²) in [6.45, 7) is 1.91. The number of hydrazone groups is 1. The van der Waals surface area contributed by atoms with Gasteiger partial charge in [-0.2, -0.15) is 5.10 Å². The van der Waals surface area contributed by atoms with Gasteiger partial charge in [-0.25, -0.2) is 4.98 Å². The molecule has 0 saturated carbocycles. The zero-order chi connectivity index (χ0) is 17.1. The normalized spacial score (nSPS) is 16.6. The van der Waals surface area contributed by atoms with E-state index in [-0.39, 0.29) is 12.1 Å². The third-order valence-corrected chi connectivity index (χ3v) is 3.67. The molecule has 0 unspecified atom stereocenters. The number of primary amides is 1. The smallest absolute Gasteiger partial charge is 0.273 e. The van der Waals surface area contributed by atoms with Gasteiger partial charge in [0, 0.05) is 12.6 Å². The van der Waals surface area contributed by atoms with Crippen molar-refractivity contribution in [3.05, 3.63) is 54.2 Å². The fourth-order valence-electron chi connectivity index (χ4n) is 2.42. The van der Waals surface area contributed by atoms with E-state index in [9.17, 15) is 9.59 Å². The summed E-state index contributed by atoms with van der Waals surface area (Å²) in [6, 6.07) is 12.0. The van der Waals surface area contributed by atoms with Crippen LogP contribution >= 0.6 is 0 Å². The molecule has 2 heterocycles. The molecular formula is C17H17N5O2. The summed E-state index contributed by atoms with van der Waals surface area (Å²) in [5.74, 6) is -0.489. The van der Waals surface area contributed by atoms with Crippen LogP contribution < -0.4 is 16.1 Å². The summed E-state index contributed by atoms with van der Waals surface area (Å²) in [4.78, 5) is 28.2. The lowest BCUT2D eigenvalue weighted by Crippen LogP contribution is -2.39. The maximum Gasteiger partial charge on any atom is 0.273 e. The lowest BCUT2D eigenvalue weighted by molar-refractivity contribution is -0.119. The summed E-state index contributed by atoms with van der Waals surface area (Å²) in [6.07, 6.45) is 1.82. The molecule has 1 atom stereocenters. The number of benzene rings is 1. The van der Waals surface area contributed by atoms with Crippen LogP contribution in [0.4, 0.5) is 11.5 Å². The summed E-state index contributed by atoms with van der Waals surface area (Å²) in [5.41, 5.74) is 7.40. The fourth-order valence-corrected chi connectivity index (χ4v) is 2.42. The van der Waals surface area contributed by atoms with E-state index >= 15 is 0 Å². The molecule has 1 aliphatic heterocycles. The van der Waals surface area contributed by atoms with E-state index in [2.05, 4.69) is 15.4 Å². The number of pyridine rings is 1. The molecule has 0 spiro atoms. The topological polar surface area (TPSA) is 101 Å². The molecule has 1 aliphatic rings. The van der Waals surface area contributed by atoms with Gasteiger partial charge < -0.3 is 11.1 Å². The number of para-hydroxylation sites is 1. The maximum absolute atomic E-state index is 12.4. The molecule has 0 bridgehead atoms. The Morgan fingerprint density at radius 3 is 2.58 bits per heavy atom. The maximum atomic E-state index is 12.4. The average molecular weight is 323 g/mol. The van der Waals surface area contributed by atoms with Crippen LogP contribution in [0.25, 0.3) is 0 Å². The number of nitrogens with zero attached hydrogens (tertiary/aromatic N) is 3. The second-order valence-corrected chi connectivity index (χ2v) is 5.52. The minimum absolute atomic E-state index is 0.155. The number of nitrogens with one attached hydrogen (secondary N) is 1. The zero-order valence-electron chi connectivity index (χ0n) is 13.1. The van der Waals surface area contributed by atoms with Crippen LogP contribution in [0.3, 0.4) is 0 Å². The Hall–Kier alpha value is -3.22. The molecule has 7 nitrogen and oxygen atoms in total. The van der Waals surface area contributed by atoms with Gasteiger partial charge in [0.25, 0.3) is 5.91 Å². The van der Waals surface area contributed by atoms with Crippen LogP contribution in [0.5, 0.6) is 0 Å². The summed E-state index contributed by atoms with van der Waals surface area (Å²) in [5, 5.41) is 8.45. The van der Waals surface area contributed by atoms with E-state index in [1.165, 1.54) is 5.01 Å². The Labute approximate surface area is 139 Å². The van der Waals surface area contributed by atoms with Gasteiger partial charge in [0.1, 0.15) is 17.6 Å². The van der Waals surface area contributed by atoms with E-state index in [1.807, 2.05) is 43.3 Å². The first-order valence-electron chi connectivity index (χ1n) is 7.49. The predicted octanol–water partition coefficient (Wildman–Crippen LogP) is 1.45. The van der Waals surface area contributed by atoms with Crippen molar-refractivity contribution in [1.29, 1.82) is 0 Å². The van der Waals surface area contributed by atoms with Crippen LogP contribution in [0.1, 0.15) is 12.0 Å². The van der Waals surface area contributed by atoms with Crippen LogP contribution in [0.2, 0.25) is 0 Å². The molecule has 7 heteroatoms. The third kappa shape index (κ3) is 3.24. The van der Waals surface area contributed by atoms with E-state index in [4.69, 9.17) is 5.73 Å². The summed E-state index contributed by atoms with van der Waals surface area (Å²) >= 11 is 0.